The molecule has 0 aliphatic carbocycles. The molecular formula is C22H21Cl2N3O6S2. The first-order valence-corrected chi connectivity index (χ1v) is 14.0. The van der Waals surface area contributed by atoms with Gasteiger partial charge in [0.1, 0.15) is 12.3 Å². The topological polar surface area (TPSA) is 122 Å². The van der Waals surface area contributed by atoms with Gasteiger partial charge in [-0.25, -0.2) is 16.8 Å². The first-order chi connectivity index (χ1) is 16.4. The number of benzene rings is 3. The van der Waals surface area contributed by atoms with E-state index in [-0.39, 0.29) is 26.3 Å². The minimum absolute atomic E-state index is 0.0300. The molecule has 0 fully saturated rings. The molecule has 2 N–H and O–H groups in total. The van der Waals surface area contributed by atoms with Crippen LogP contribution in [-0.2, 0) is 24.8 Å². The Labute approximate surface area is 213 Å². The van der Waals surface area contributed by atoms with Crippen molar-refractivity contribution >= 4 is 66.2 Å². The Kier molecular flexibility index (Phi) is 8.16. The number of hydrogen-bond acceptors (Lipinski definition) is 6. The lowest BCUT2D eigenvalue weighted by molar-refractivity contribution is -0.114. The Bertz CT molecular complexity index is 1410. The van der Waals surface area contributed by atoms with Gasteiger partial charge in [0.2, 0.25) is 15.9 Å². The monoisotopic (exact) mass is 557 g/mol. The normalized spacial score (nSPS) is 11.5. The van der Waals surface area contributed by atoms with Crippen LogP contribution in [0.2, 0.25) is 10.0 Å². The highest BCUT2D eigenvalue weighted by Crippen LogP contribution is 2.27. The molecule has 0 saturated heterocycles. The molecule has 0 saturated carbocycles. The van der Waals surface area contributed by atoms with Crippen molar-refractivity contribution in [2.24, 2.45) is 0 Å². The summed E-state index contributed by atoms with van der Waals surface area (Å²) in [6.07, 6.45) is 0.949. The highest BCUT2D eigenvalue weighted by atomic mass is 35.5. The van der Waals surface area contributed by atoms with Gasteiger partial charge in [0.15, 0.2) is 0 Å². The van der Waals surface area contributed by atoms with Crippen LogP contribution in [-0.4, -0.2) is 42.7 Å². The maximum absolute atomic E-state index is 12.6. The van der Waals surface area contributed by atoms with Crippen LogP contribution in [0.15, 0.2) is 71.6 Å². The van der Waals surface area contributed by atoms with Gasteiger partial charge in [-0.1, -0.05) is 23.2 Å². The van der Waals surface area contributed by atoms with Gasteiger partial charge < -0.3 is 10.1 Å². The van der Waals surface area contributed by atoms with Crippen LogP contribution in [0.25, 0.3) is 0 Å². The fraction of sp³-hybridized carbons (Fsp3) is 0.136. The Morgan fingerprint density at radius 1 is 0.886 bits per heavy atom. The van der Waals surface area contributed by atoms with Crippen LogP contribution >= 0.6 is 23.2 Å². The molecule has 0 aromatic heterocycles. The van der Waals surface area contributed by atoms with E-state index in [2.05, 4.69) is 10.0 Å². The minimum Gasteiger partial charge on any atom is -0.497 e. The molecule has 0 atom stereocenters. The zero-order valence-corrected chi connectivity index (χ0v) is 21.7. The second kappa shape index (κ2) is 10.7. The second-order valence-electron chi connectivity index (χ2n) is 7.30. The van der Waals surface area contributed by atoms with Crippen LogP contribution < -0.4 is 19.1 Å². The fourth-order valence-corrected chi connectivity index (χ4v) is 5.42. The zero-order chi connectivity index (χ0) is 25.8. The summed E-state index contributed by atoms with van der Waals surface area (Å²) < 4.78 is 58.1. The first-order valence-electron chi connectivity index (χ1n) is 9.88. The van der Waals surface area contributed by atoms with Crippen molar-refractivity contribution in [1.29, 1.82) is 0 Å². The number of carbonyl (C=O) groups excluding carboxylic acids is 1. The Morgan fingerprint density at radius 3 is 1.94 bits per heavy atom. The zero-order valence-electron chi connectivity index (χ0n) is 18.5. The molecule has 0 unspecified atom stereocenters. The van der Waals surface area contributed by atoms with E-state index in [4.69, 9.17) is 27.9 Å². The molecule has 0 aliphatic rings. The van der Waals surface area contributed by atoms with Gasteiger partial charge in [-0.2, -0.15) is 0 Å². The molecule has 0 bridgehead atoms. The van der Waals surface area contributed by atoms with Crippen molar-refractivity contribution in [1.82, 2.24) is 0 Å². The van der Waals surface area contributed by atoms with Crippen LogP contribution in [0.5, 0.6) is 5.75 Å². The molecule has 0 heterocycles. The summed E-state index contributed by atoms with van der Waals surface area (Å²) in [5, 5.41) is 2.96. The lowest BCUT2D eigenvalue weighted by Gasteiger charge is -2.22. The Balaban J connectivity index is 1.71. The summed E-state index contributed by atoms with van der Waals surface area (Å²) >= 11 is 11.9. The number of ether oxygens (including phenoxy) is 1. The first kappa shape index (κ1) is 26.6. The number of carbonyl (C=O) groups is 1. The number of halogens is 2. The molecule has 9 nitrogen and oxygen atoms in total. The van der Waals surface area contributed by atoms with Gasteiger partial charge in [-0.3, -0.25) is 13.8 Å². The SMILES string of the molecule is COc1ccc(NS(=O)(=O)c2ccc(NC(=O)CN(c3cc(Cl)cc(Cl)c3)S(C)(=O)=O)cc2)cc1. The highest BCUT2D eigenvalue weighted by Gasteiger charge is 2.22. The predicted octanol–water partition coefficient (Wildman–Crippen LogP) is 4.21. The van der Waals surface area contributed by atoms with Crippen LogP contribution in [0.4, 0.5) is 17.1 Å². The van der Waals surface area contributed by atoms with Gasteiger partial charge in [-0.05, 0) is 66.7 Å². The van der Waals surface area contributed by atoms with E-state index >= 15 is 0 Å². The van der Waals surface area contributed by atoms with Gasteiger partial charge in [-0.15, -0.1) is 0 Å². The van der Waals surface area contributed by atoms with Gasteiger partial charge in [0.25, 0.3) is 10.0 Å². The average Bonchev–Trinajstić information content (AvgIpc) is 2.76. The minimum atomic E-state index is -3.88. The van der Waals surface area contributed by atoms with Crippen molar-refractivity contribution < 1.29 is 26.4 Å². The summed E-state index contributed by atoms with van der Waals surface area (Å²) in [6, 6.07) is 15.9. The summed E-state index contributed by atoms with van der Waals surface area (Å²) in [6.45, 7) is -0.547. The Hall–Kier alpha value is -2.99. The number of rotatable bonds is 9. The van der Waals surface area contributed by atoms with Crippen LogP contribution in [0.1, 0.15) is 0 Å². The number of amides is 1. The second-order valence-corrected chi connectivity index (χ2v) is 11.8. The Morgan fingerprint density at radius 2 is 1.43 bits per heavy atom. The lowest BCUT2D eigenvalue weighted by Crippen LogP contribution is -2.37. The summed E-state index contributed by atoms with van der Waals surface area (Å²) in [7, 11) is -6.21. The molecule has 13 heteroatoms. The lowest BCUT2D eigenvalue weighted by atomic mass is 10.3. The van der Waals surface area contributed by atoms with Crippen LogP contribution in [0, 0.1) is 0 Å². The molecular weight excluding hydrogens is 537 g/mol. The van der Waals surface area contributed by atoms with Crippen molar-refractivity contribution in [3.05, 3.63) is 76.8 Å². The number of hydrogen-bond donors (Lipinski definition) is 2. The number of nitrogens with one attached hydrogen (secondary N) is 2. The molecule has 1 amide bonds. The van der Waals surface area contributed by atoms with E-state index in [1.54, 1.807) is 24.3 Å². The predicted molar refractivity (Wildman–Crippen MR) is 138 cm³/mol. The largest absolute Gasteiger partial charge is 0.497 e. The summed E-state index contributed by atoms with van der Waals surface area (Å²) in [5.74, 6) is -0.0700. The van der Waals surface area contributed by atoms with E-state index in [1.165, 1.54) is 49.6 Å². The third-order valence-corrected chi connectivity index (χ3v) is 7.59. The molecule has 3 aromatic rings. The fourth-order valence-electron chi connectivity index (χ4n) is 3.00. The van der Waals surface area contributed by atoms with Crippen molar-refractivity contribution in [3.8, 4) is 5.75 Å². The standard InChI is InChI=1S/C22H21Cl2N3O6S2/c1-33-20-7-3-18(4-8-20)26-35(31,32)21-9-5-17(6-10-21)25-22(28)14-27(34(2,29)30)19-12-15(23)11-16(24)13-19/h3-13,26H,14H2,1-2H3,(H,25,28). The van der Waals surface area contributed by atoms with E-state index in [0.29, 0.717) is 11.4 Å². The summed E-state index contributed by atoms with van der Waals surface area (Å²) in [5.41, 5.74) is 0.757. The molecule has 186 valence electrons. The maximum Gasteiger partial charge on any atom is 0.261 e. The van der Waals surface area contributed by atoms with Crippen molar-refractivity contribution in [3.63, 3.8) is 0 Å². The van der Waals surface area contributed by atoms with E-state index < -0.39 is 32.5 Å². The van der Waals surface area contributed by atoms with Crippen molar-refractivity contribution in [2.75, 3.05) is 34.3 Å². The average molecular weight is 558 g/mol. The third-order valence-electron chi connectivity index (χ3n) is 4.61. The van der Waals surface area contributed by atoms with Gasteiger partial charge >= 0.3 is 0 Å². The van der Waals surface area contributed by atoms with Crippen molar-refractivity contribution in [2.45, 2.75) is 4.90 Å². The van der Waals surface area contributed by atoms with Crippen LogP contribution in [0.3, 0.4) is 0 Å². The quantitative estimate of drug-likeness (QED) is 0.406. The third kappa shape index (κ3) is 7.25. The molecule has 0 aliphatic heterocycles. The number of nitrogens with zero attached hydrogens (tertiary/aromatic N) is 1. The molecule has 0 radical (unpaired) electrons. The van der Waals surface area contributed by atoms with Gasteiger partial charge in [0.05, 0.1) is 23.9 Å². The summed E-state index contributed by atoms with van der Waals surface area (Å²) in [4.78, 5) is 12.5. The molecule has 3 aromatic carbocycles. The van der Waals surface area contributed by atoms with E-state index in [1.807, 2.05) is 0 Å². The van der Waals surface area contributed by atoms with E-state index in [0.717, 1.165) is 10.6 Å². The number of methoxy groups -OCH3 is 1. The highest BCUT2D eigenvalue weighted by molar-refractivity contribution is 7.92. The van der Waals surface area contributed by atoms with E-state index in [9.17, 15) is 21.6 Å². The number of sulfonamides is 2. The smallest absolute Gasteiger partial charge is 0.261 e. The van der Waals surface area contributed by atoms with Gasteiger partial charge in [0, 0.05) is 21.4 Å². The maximum atomic E-state index is 12.6. The molecule has 0 spiro atoms. The molecule has 3 rings (SSSR count). The molecule has 35 heavy (non-hydrogen) atoms. The number of anilines is 3.